The summed E-state index contributed by atoms with van der Waals surface area (Å²) in [4.78, 5) is 28.9. The number of hydrogen-bond donors (Lipinski definition) is 1. The molecular formula is C17H22N6O. The van der Waals surface area contributed by atoms with Crippen LogP contribution in [0.5, 0.6) is 0 Å². The Morgan fingerprint density at radius 3 is 2.54 bits per heavy atom. The molecule has 3 rings (SSSR count). The summed E-state index contributed by atoms with van der Waals surface area (Å²) in [6.45, 7) is 5.07. The fraction of sp³-hybridized carbons (Fsp3) is 0.412. The molecule has 2 amide bonds. The first kappa shape index (κ1) is 16.2. The van der Waals surface area contributed by atoms with Crippen LogP contribution in [0.3, 0.4) is 0 Å². The SMILES string of the molecule is C[C@@H](Cc1cnccn1)NC(=O)N1CCN(c2ccncc2)CC1. The van der Waals surface area contributed by atoms with Gasteiger partial charge in [0.1, 0.15) is 0 Å². The Labute approximate surface area is 141 Å². The number of piperazine rings is 1. The Hall–Kier alpha value is -2.70. The van der Waals surface area contributed by atoms with E-state index in [1.807, 2.05) is 24.0 Å². The standard InChI is InChI=1S/C17H22N6O/c1-14(12-15-13-19-6-7-20-15)21-17(24)23-10-8-22(9-11-23)16-2-4-18-5-3-16/h2-7,13-14H,8-12H2,1H3,(H,21,24)/t14-/m0/s1. The fourth-order valence-corrected chi connectivity index (χ4v) is 2.82. The Balaban J connectivity index is 1.47. The molecule has 1 aliphatic rings. The van der Waals surface area contributed by atoms with Crippen molar-refractivity contribution in [2.24, 2.45) is 0 Å². The van der Waals surface area contributed by atoms with Gasteiger partial charge in [-0.1, -0.05) is 0 Å². The highest BCUT2D eigenvalue weighted by atomic mass is 16.2. The Kier molecular flexibility index (Phi) is 5.20. The van der Waals surface area contributed by atoms with Gasteiger partial charge < -0.3 is 15.1 Å². The quantitative estimate of drug-likeness (QED) is 0.917. The van der Waals surface area contributed by atoms with Crippen LogP contribution < -0.4 is 10.2 Å². The number of nitrogens with zero attached hydrogens (tertiary/aromatic N) is 5. The predicted octanol–water partition coefficient (Wildman–Crippen LogP) is 1.33. The monoisotopic (exact) mass is 326 g/mol. The second-order valence-electron chi connectivity index (χ2n) is 5.93. The first-order chi connectivity index (χ1) is 11.7. The van der Waals surface area contributed by atoms with Crippen LogP contribution in [0.25, 0.3) is 0 Å². The summed E-state index contributed by atoms with van der Waals surface area (Å²) in [6.07, 6.45) is 9.31. The molecule has 0 aliphatic carbocycles. The van der Waals surface area contributed by atoms with Gasteiger partial charge in [0.05, 0.1) is 5.69 Å². The van der Waals surface area contributed by atoms with Gasteiger partial charge in [-0.25, -0.2) is 4.79 Å². The average molecular weight is 326 g/mol. The molecule has 0 bridgehead atoms. The Bertz CT molecular complexity index is 643. The van der Waals surface area contributed by atoms with Crippen LogP contribution in [-0.2, 0) is 6.42 Å². The van der Waals surface area contributed by atoms with E-state index in [1.54, 1.807) is 31.0 Å². The molecule has 1 aliphatic heterocycles. The maximum absolute atomic E-state index is 12.4. The lowest BCUT2D eigenvalue weighted by molar-refractivity contribution is 0.191. The van der Waals surface area contributed by atoms with Crippen molar-refractivity contribution in [2.45, 2.75) is 19.4 Å². The third-order valence-electron chi connectivity index (χ3n) is 4.10. The van der Waals surface area contributed by atoms with Crippen LogP contribution in [0.15, 0.2) is 43.1 Å². The van der Waals surface area contributed by atoms with E-state index >= 15 is 0 Å². The number of amides is 2. The molecule has 126 valence electrons. The number of pyridine rings is 1. The summed E-state index contributed by atoms with van der Waals surface area (Å²) >= 11 is 0. The summed E-state index contributed by atoms with van der Waals surface area (Å²) in [6, 6.07) is 4.01. The third kappa shape index (κ3) is 4.18. The van der Waals surface area contributed by atoms with Gasteiger partial charge in [0, 0.05) is 75.3 Å². The summed E-state index contributed by atoms with van der Waals surface area (Å²) in [7, 11) is 0. The highest BCUT2D eigenvalue weighted by Gasteiger charge is 2.22. The van der Waals surface area contributed by atoms with Crippen molar-refractivity contribution in [3.63, 3.8) is 0 Å². The second-order valence-corrected chi connectivity index (χ2v) is 5.93. The van der Waals surface area contributed by atoms with Gasteiger partial charge in [0.15, 0.2) is 0 Å². The average Bonchev–Trinajstić information content (AvgIpc) is 2.63. The molecule has 0 saturated carbocycles. The largest absolute Gasteiger partial charge is 0.368 e. The number of hydrogen-bond acceptors (Lipinski definition) is 5. The minimum atomic E-state index is -0.0132. The Morgan fingerprint density at radius 1 is 1.12 bits per heavy atom. The lowest BCUT2D eigenvalue weighted by Crippen LogP contribution is -2.53. The number of rotatable bonds is 4. The maximum Gasteiger partial charge on any atom is 0.317 e. The summed E-state index contributed by atoms with van der Waals surface area (Å²) < 4.78 is 0. The molecule has 0 aromatic carbocycles. The van der Waals surface area contributed by atoms with Crippen molar-refractivity contribution in [3.8, 4) is 0 Å². The van der Waals surface area contributed by atoms with E-state index in [1.165, 1.54) is 0 Å². The molecule has 1 fully saturated rings. The van der Waals surface area contributed by atoms with Crippen molar-refractivity contribution in [3.05, 3.63) is 48.8 Å². The minimum Gasteiger partial charge on any atom is -0.368 e. The van der Waals surface area contributed by atoms with E-state index in [0.29, 0.717) is 19.5 Å². The molecule has 1 atom stereocenters. The van der Waals surface area contributed by atoms with Gasteiger partial charge >= 0.3 is 6.03 Å². The zero-order valence-corrected chi connectivity index (χ0v) is 13.8. The molecule has 7 heteroatoms. The van der Waals surface area contributed by atoms with E-state index in [9.17, 15) is 4.79 Å². The highest BCUT2D eigenvalue weighted by Crippen LogP contribution is 2.14. The maximum atomic E-state index is 12.4. The molecule has 0 radical (unpaired) electrons. The molecule has 1 saturated heterocycles. The number of carbonyl (C=O) groups excluding carboxylic acids is 1. The number of nitrogens with one attached hydrogen (secondary N) is 1. The zero-order chi connectivity index (χ0) is 16.8. The van der Waals surface area contributed by atoms with Crippen molar-refractivity contribution in [2.75, 3.05) is 31.1 Å². The van der Waals surface area contributed by atoms with Crippen LogP contribution in [0.2, 0.25) is 0 Å². The van der Waals surface area contributed by atoms with Gasteiger partial charge in [0.25, 0.3) is 0 Å². The van der Waals surface area contributed by atoms with Crippen molar-refractivity contribution in [1.82, 2.24) is 25.2 Å². The van der Waals surface area contributed by atoms with E-state index in [0.717, 1.165) is 24.5 Å². The highest BCUT2D eigenvalue weighted by molar-refractivity contribution is 5.75. The van der Waals surface area contributed by atoms with Crippen LogP contribution in [-0.4, -0.2) is 58.1 Å². The molecule has 2 aromatic heterocycles. The molecule has 7 nitrogen and oxygen atoms in total. The predicted molar refractivity (Wildman–Crippen MR) is 91.8 cm³/mol. The molecule has 24 heavy (non-hydrogen) atoms. The first-order valence-electron chi connectivity index (χ1n) is 8.17. The van der Waals surface area contributed by atoms with Crippen molar-refractivity contribution in [1.29, 1.82) is 0 Å². The first-order valence-corrected chi connectivity index (χ1v) is 8.17. The third-order valence-corrected chi connectivity index (χ3v) is 4.10. The number of anilines is 1. The van der Waals surface area contributed by atoms with E-state index in [-0.39, 0.29) is 12.1 Å². The normalized spacial score (nSPS) is 15.9. The fourth-order valence-electron chi connectivity index (χ4n) is 2.82. The molecule has 2 aromatic rings. The summed E-state index contributed by atoms with van der Waals surface area (Å²) in [5.74, 6) is 0. The lowest BCUT2D eigenvalue weighted by Gasteiger charge is -2.36. The van der Waals surface area contributed by atoms with Gasteiger partial charge in [0.2, 0.25) is 0 Å². The summed E-state index contributed by atoms with van der Waals surface area (Å²) in [5.41, 5.74) is 2.04. The zero-order valence-electron chi connectivity index (χ0n) is 13.8. The second kappa shape index (κ2) is 7.72. The van der Waals surface area contributed by atoms with Crippen LogP contribution in [0.4, 0.5) is 10.5 Å². The van der Waals surface area contributed by atoms with Crippen molar-refractivity contribution < 1.29 is 4.79 Å². The smallest absolute Gasteiger partial charge is 0.317 e. The molecule has 0 unspecified atom stereocenters. The number of urea groups is 1. The van der Waals surface area contributed by atoms with Crippen molar-refractivity contribution >= 4 is 11.7 Å². The number of carbonyl (C=O) groups is 1. The van der Waals surface area contributed by atoms with Gasteiger partial charge in [-0.3, -0.25) is 15.0 Å². The van der Waals surface area contributed by atoms with E-state index in [2.05, 4.69) is 25.2 Å². The Morgan fingerprint density at radius 2 is 1.88 bits per heavy atom. The summed E-state index contributed by atoms with van der Waals surface area (Å²) in [5, 5.41) is 3.04. The van der Waals surface area contributed by atoms with Crippen LogP contribution in [0, 0.1) is 0 Å². The van der Waals surface area contributed by atoms with Gasteiger partial charge in [-0.15, -0.1) is 0 Å². The molecule has 1 N–H and O–H groups in total. The molecule has 3 heterocycles. The molecular weight excluding hydrogens is 304 g/mol. The number of aromatic nitrogens is 3. The lowest BCUT2D eigenvalue weighted by atomic mass is 10.2. The topological polar surface area (TPSA) is 74.2 Å². The minimum absolute atomic E-state index is 0.0132. The van der Waals surface area contributed by atoms with Gasteiger partial charge in [-0.05, 0) is 19.1 Å². The van der Waals surface area contributed by atoms with E-state index in [4.69, 9.17) is 0 Å². The van der Waals surface area contributed by atoms with E-state index < -0.39 is 0 Å². The molecule has 0 spiro atoms. The van der Waals surface area contributed by atoms with Crippen LogP contribution in [0.1, 0.15) is 12.6 Å². The van der Waals surface area contributed by atoms with Gasteiger partial charge in [-0.2, -0.15) is 0 Å². The van der Waals surface area contributed by atoms with Crippen LogP contribution >= 0.6 is 0 Å².